The maximum atomic E-state index is 15.4. The maximum absolute atomic E-state index is 15.4. The van der Waals surface area contributed by atoms with E-state index in [2.05, 4.69) is 5.32 Å². The minimum Gasteiger partial charge on any atom is -0.455 e. The average molecular weight is 800 g/mol. The number of allylic oxidation sites excluding steroid dienone is 1. The zero-order chi connectivity index (χ0) is 42.7. The molecule has 2 aromatic carbocycles. The van der Waals surface area contributed by atoms with E-state index >= 15 is 4.79 Å². The van der Waals surface area contributed by atoms with Crippen LogP contribution in [-0.2, 0) is 33.3 Å². The molecule has 1 heterocycles. The van der Waals surface area contributed by atoms with Crippen molar-refractivity contribution in [2.24, 2.45) is 40.4 Å². The third-order valence-electron chi connectivity index (χ3n) is 14.2. The SMILES string of the molecule is CC(=O)O[C@@]12CO[C@@H]1C[C@H](C)[C@@]1(C)C(=O)[C@H](C)C3=C(C)[C@@H](CC(=O)[C@H](C)[C@H](NC(=O)OC(C)(C)C)c4ccccc4)C[C@@](O)([C@@H](OC(=O)c4ccccc4)[C@H]21)C3(C)C. The summed E-state index contributed by atoms with van der Waals surface area (Å²) in [5.41, 5.74) is -3.91. The number of benzene rings is 2. The molecule has 1 saturated heterocycles. The van der Waals surface area contributed by atoms with Gasteiger partial charge in [-0.15, -0.1) is 0 Å². The van der Waals surface area contributed by atoms with Crippen LogP contribution in [0.1, 0.15) is 117 Å². The summed E-state index contributed by atoms with van der Waals surface area (Å²) >= 11 is 0. The Bertz CT molecular complexity index is 1970. The first-order chi connectivity index (χ1) is 27.0. The number of hydrogen-bond acceptors (Lipinski definition) is 10. The van der Waals surface area contributed by atoms with Gasteiger partial charge in [0.2, 0.25) is 0 Å². The second kappa shape index (κ2) is 15.4. The fraction of sp³-hybridized carbons (Fsp3) is 0.596. The Morgan fingerprint density at radius 1 is 0.983 bits per heavy atom. The van der Waals surface area contributed by atoms with Gasteiger partial charge in [0, 0.05) is 36.0 Å². The normalized spacial score (nSPS) is 33.8. The molecule has 6 rings (SSSR count). The number of carbonyl (C=O) groups excluding carboxylic acids is 5. The van der Waals surface area contributed by atoms with E-state index in [1.807, 2.05) is 71.9 Å². The molecule has 3 fully saturated rings. The highest BCUT2D eigenvalue weighted by Crippen LogP contribution is 2.66. The third-order valence-corrected chi connectivity index (χ3v) is 14.2. The minimum absolute atomic E-state index is 0.000422. The van der Waals surface area contributed by atoms with Crippen LogP contribution >= 0.6 is 0 Å². The van der Waals surface area contributed by atoms with Crippen LogP contribution in [0.4, 0.5) is 4.79 Å². The topological polar surface area (TPSA) is 155 Å². The van der Waals surface area contributed by atoms with Crippen molar-refractivity contribution >= 4 is 29.6 Å². The number of ether oxygens (including phenoxy) is 4. The molecule has 0 aromatic heterocycles. The number of alkyl carbamates (subject to hydrolysis) is 1. The second-order valence-corrected chi connectivity index (χ2v) is 19.1. The van der Waals surface area contributed by atoms with Crippen LogP contribution in [-0.4, -0.2) is 70.3 Å². The lowest BCUT2D eigenvalue weighted by molar-refractivity contribution is -0.339. The number of carbonyl (C=O) groups is 5. The van der Waals surface area contributed by atoms with Gasteiger partial charge in [-0.3, -0.25) is 14.4 Å². The lowest BCUT2D eigenvalue weighted by atomic mass is 9.42. The van der Waals surface area contributed by atoms with E-state index in [9.17, 15) is 24.3 Å². The van der Waals surface area contributed by atoms with Crippen molar-refractivity contribution in [1.82, 2.24) is 5.32 Å². The first-order valence-electron chi connectivity index (χ1n) is 20.6. The van der Waals surface area contributed by atoms with Gasteiger partial charge in [0.05, 0.1) is 24.1 Å². The number of rotatable bonds is 9. The molecule has 1 aliphatic heterocycles. The molecular formula is C47H61NO10. The van der Waals surface area contributed by atoms with E-state index in [1.54, 1.807) is 58.0 Å². The Morgan fingerprint density at radius 2 is 1.59 bits per heavy atom. The number of esters is 2. The molecule has 4 aliphatic rings. The molecule has 11 atom stereocenters. The largest absolute Gasteiger partial charge is 0.455 e. The van der Waals surface area contributed by atoms with Gasteiger partial charge >= 0.3 is 18.0 Å². The summed E-state index contributed by atoms with van der Waals surface area (Å²) in [6.07, 6.45) is -2.24. The molecular weight excluding hydrogens is 739 g/mol. The summed E-state index contributed by atoms with van der Waals surface area (Å²) in [7, 11) is 0. The number of fused-ring (bicyclic) bond motifs is 5. The van der Waals surface area contributed by atoms with Crippen molar-refractivity contribution < 1.29 is 48.0 Å². The lowest BCUT2D eigenvalue weighted by Gasteiger charge is -2.68. The highest BCUT2D eigenvalue weighted by molar-refractivity contribution is 5.92. The third kappa shape index (κ3) is 7.20. The smallest absolute Gasteiger partial charge is 0.408 e. The molecule has 0 spiro atoms. The average Bonchev–Trinajstić information content (AvgIpc) is 3.14. The van der Waals surface area contributed by atoms with Gasteiger partial charge in [-0.2, -0.15) is 0 Å². The Labute approximate surface area is 342 Å². The van der Waals surface area contributed by atoms with Gasteiger partial charge in [-0.25, -0.2) is 9.59 Å². The van der Waals surface area contributed by atoms with E-state index in [-0.39, 0.29) is 42.5 Å². The Kier molecular flexibility index (Phi) is 11.4. The van der Waals surface area contributed by atoms with Crippen molar-refractivity contribution in [1.29, 1.82) is 0 Å². The zero-order valence-corrected chi connectivity index (χ0v) is 35.8. The number of aliphatic hydroxyl groups is 1. The highest BCUT2D eigenvalue weighted by atomic mass is 16.6. The molecule has 1 amide bonds. The molecule has 2 aromatic rings. The summed E-state index contributed by atoms with van der Waals surface area (Å²) < 4.78 is 24.6. The van der Waals surface area contributed by atoms with E-state index in [0.29, 0.717) is 12.0 Å². The monoisotopic (exact) mass is 799 g/mol. The fourth-order valence-corrected chi connectivity index (χ4v) is 11.0. The second-order valence-electron chi connectivity index (χ2n) is 19.1. The van der Waals surface area contributed by atoms with Crippen LogP contribution in [0.25, 0.3) is 0 Å². The lowest BCUT2D eigenvalue weighted by Crippen LogP contribution is -2.80. The Balaban J connectivity index is 1.49. The Morgan fingerprint density at radius 3 is 2.14 bits per heavy atom. The van der Waals surface area contributed by atoms with E-state index in [0.717, 1.165) is 11.1 Å². The number of Topliss-reactive ketones (excluding diaryl/α,β-unsaturated/α-hetero) is 2. The van der Waals surface area contributed by atoms with Crippen LogP contribution in [0.2, 0.25) is 0 Å². The van der Waals surface area contributed by atoms with Gasteiger partial charge in [0.15, 0.2) is 5.60 Å². The molecule has 3 aliphatic carbocycles. The van der Waals surface area contributed by atoms with Gasteiger partial charge in [-0.05, 0) is 70.1 Å². The first kappa shape index (κ1) is 43.2. The van der Waals surface area contributed by atoms with Crippen LogP contribution < -0.4 is 5.32 Å². The van der Waals surface area contributed by atoms with Crippen molar-refractivity contribution in [2.45, 2.75) is 130 Å². The number of hydrogen-bond donors (Lipinski definition) is 2. The summed E-state index contributed by atoms with van der Waals surface area (Å²) in [5.74, 6) is -4.89. The van der Waals surface area contributed by atoms with Crippen LogP contribution in [0.3, 0.4) is 0 Å². The molecule has 2 bridgehead atoms. The van der Waals surface area contributed by atoms with Crippen molar-refractivity contribution in [2.75, 3.05) is 6.61 Å². The molecule has 58 heavy (non-hydrogen) atoms. The van der Waals surface area contributed by atoms with Gasteiger partial charge in [0.25, 0.3) is 0 Å². The number of ketones is 2. The minimum atomic E-state index is -1.88. The molecule has 314 valence electrons. The summed E-state index contributed by atoms with van der Waals surface area (Å²) in [5, 5.41) is 16.7. The highest BCUT2D eigenvalue weighted by Gasteiger charge is 2.76. The molecule has 0 radical (unpaired) electrons. The van der Waals surface area contributed by atoms with Crippen molar-refractivity contribution in [3.63, 3.8) is 0 Å². The van der Waals surface area contributed by atoms with Gasteiger partial charge in [-0.1, -0.05) is 101 Å². The maximum Gasteiger partial charge on any atom is 0.408 e. The van der Waals surface area contributed by atoms with E-state index < -0.39 is 87.6 Å². The van der Waals surface area contributed by atoms with Crippen molar-refractivity contribution in [3.8, 4) is 0 Å². The van der Waals surface area contributed by atoms with Crippen molar-refractivity contribution in [3.05, 3.63) is 82.9 Å². The standard InChI is InChI=1S/C47H61NO10/c1-26-22-35-46(25-55-35,57-30(5)49)38-40(56-41(52)32-20-16-13-17-21-32)47(54)24-33(27(2)36(44(47,9)10)29(4)39(51)45(26,38)11)23-34(50)28(3)37(31-18-14-12-15-19-31)48-42(53)58-43(6,7)8/h12-21,26,28-29,33,35,37-38,40,54H,22-25H2,1-11H3,(H,48,53)/t26-,28-,29+,33-,35+,37-,38-,40-,45+,46-,47+/m0/s1. The molecule has 11 heteroatoms. The van der Waals surface area contributed by atoms with Crippen LogP contribution in [0.5, 0.6) is 0 Å². The molecule has 11 nitrogen and oxygen atoms in total. The predicted molar refractivity (Wildman–Crippen MR) is 216 cm³/mol. The number of amides is 1. The summed E-state index contributed by atoms with van der Waals surface area (Å²) in [6, 6.07) is 17.0. The fourth-order valence-electron chi connectivity index (χ4n) is 11.0. The van der Waals surface area contributed by atoms with Crippen LogP contribution in [0, 0.1) is 40.4 Å². The van der Waals surface area contributed by atoms with Crippen LogP contribution in [0.15, 0.2) is 71.8 Å². The summed E-state index contributed by atoms with van der Waals surface area (Å²) in [4.78, 5) is 70.5. The van der Waals surface area contributed by atoms with E-state index in [1.165, 1.54) is 6.92 Å². The van der Waals surface area contributed by atoms with Gasteiger partial charge in [0.1, 0.15) is 35.0 Å². The molecule has 2 saturated carbocycles. The first-order valence-corrected chi connectivity index (χ1v) is 20.6. The number of nitrogens with one attached hydrogen (secondary N) is 1. The zero-order valence-electron chi connectivity index (χ0n) is 35.8. The molecule has 2 N–H and O–H groups in total. The molecule has 0 unspecified atom stereocenters. The predicted octanol–water partition coefficient (Wildman–Crippen LogP) is 7.75. The summed E-state index contributed by atoms with van der Waals surface area (Å²) in [6.45, 7) is 19.7. The Hall–Kier alpha value is -4.35. The quantitative estimate of drug-likeness (QED) is 0.146. The van der Waals surface area contributed by atoms with Gasteiger partial charge < -0.3 is 29.4 Å². The van der Waals surface area contributed by atoms with E-state index in [4.69, 9.17) is 18.9 Å².